The molecule has 4 nitrogen and oxygen atoms in total. The summed E-state index contributed by atoms with van der Waals surface area (Å²) in [4.78, 5) is 11.7. The molecule has 0 saturated heterocycles. The van der Waals surface area contributed by atoms with E-state index in [2.05, 4.69) is 24.4 Å². The molecule has 0 aliphatic rings. The molecule has 0 aliphatic carbocycles. The van der Waals surface area contributed by atoms with E-state index in [1.165, 1.54) is 5.56 Å². The Morgan fingerprint density at radius 3 is 2.35 bits per heavy atom. The number of hydrogen-bond acceptors (Lipinski definition) is 3. The molecule has 4 heteroatoms. The Morgan fingerprint density at radius 2 is 1.85 bits per heavy atom. The lowest BCUT2D eigenvalue weighted by atomic mass is 9.97. The number of methoxy groups -OCH3 is 1. The van der Waals surface area contributed by atoms with E-state index in [0.717, 1.165) is 12.2 Å². The average Bonchev–Trinajstić information content (AvgIpc) is 2.46. The van der Waals surface area contributed by atoms with Gasteiger partial charge >= 0.3 is 0 Å². The smallest absolute Gasteiger partial charge is 0.237 e. The highest BCUT2D eigenvalue weighted by atomic mass is 16.5. The van der Waals surface area contributed by atoms with Crippen molar-refractivity contribution in [2.45, 2.75) is 39.2 Å². The summed E-state index contributed by atoms with van der Waals surface area (Å²) in [7, 11) is 1.66. The maximum Gasteiger partial charge on any atom is 0.237 e. The summed E-state index contributed by atoms with van der Waals surface area (Å²) in [5.74, 6) is 1.34. The largest absolute Gasteiger partial charge is 0.497 e. The predicted octanol–water partition coefficient (Wildman–Crippen LogP) is 2.29. The molecule has 0 heterocycles. The first-order chi connectivity index (χ1) is 9.45. The first kappa shape index (κ1) is 16.5. The Bertz CT molecular complexity index is 415. The second kappa shape index (κ2) is 7.90. The van der Waals surface area contributed by atoms with Crippen LogP contribution in [0.5, 0.6) is 5.75 Å². The van der Waals surface area contributed by atoms with Gasteiger partial charge < -0.3 is 15.8 Å². The minimum absolute atomic E-state index is 0.0677. The third kappa shape index (κ3) is 4.85. The zero-order valence-corrected chi connectivity index (χ0v) is 12.8. The lowest BCUT2D eigenvalue weighted by Gasteiger charge is -2.17. The van der Waals surface area contributed by atoms with Crippen molar-refractivity contribution in [1.29, 1.82) is 0 Å². The molecule has 0 spiro atoms. The lowest BCUT2D eigenvalue weighted by molar-refractivity contribution is -0.123. The topological polar surface area (TPSA) is 64.3 Å². The monoisotopic (exact) mass is 278 g/mol. The van der Waals surface area contributed by atoms with E-state index in [1.807, 2.05) is 26.0 Å². The molecule has 0 bridgehead atoms. The van der Waals surface area contributed by atoms with Crippen LogP contribution in [0.25, 0.3) is 0 Å². The van der Waals surface area contributed by atoms with Crippen molar-refractivity contribution in [3.05, 3.63) is 29.8 Å². The van der Waals surface area contributed by atoms with Gasteiger partial charge in [-0.15, -0.1) is 0 Å². The lowest BCUT2D eigenvalue weighted by Crippen LogP contribution is -2.44. The maximum atomic E-state index is 11.7. The predicted molar refractivity (Wildman–Crippen MR) is 81.8 cm³/mol. The van der Waals surface area contributed by atoms with Gasteiger partial charge in [-0.05, 0) is 36.0 Å². The maximum absolute atomic E-state index is 11.7. The number of carbonyl (C=O) groups excluding carboxylic acids is 1. The minimum atomic E-state index is -0.425. The molecular weight excluding hydrogens is 252 g/mol. The average molecular weight is 278 g/mol. The van der Waals surface area contributed by atoms with E-state index in [4.69, 9.17) is 10.5 Å². The van der Waals surface area contributed by atoms with Crippen LogP contribution in [-0.2, 0) is 4.79 Å². The number of carbonyl (C=O) groups is 1. The highest BCUT2D eigenvalue weighted by Crippen LogP contribution is 2.21. The van der Waals surface area contributed by atoms with Crippen LogP contribution >= 0.6 is 0 Å². The summed E-state index contributed by atoms with van der Waals surface area (Å²) in [5.41, 5.74) is 7.04. The summed E-state index contributed by atoms with van der Waals surface area (Å²) in [6.07, 6.45) is 0.892. The molecule has 3 N–H and O–H groups in total. The Hall–Kier alpha value is -1.55. The van der Waals surface area contributed by atoms with E-state index in [9.17, 15) is 4.79 Å². The number of amides is 1. The zero-order valence-electron chi connectivity index (χ0n) is 12.8. The quantitative estimate of drug-likeness (QED) is 0.804. The third-order valence-electron chi connectivity index (χ3n) is 3.58. The minimum Gasteiger partial charge on any atom is -0.497 e. The van der Waals surface area contributed by atoms with Crippen LogP contribution in [0.2, 0.25) is 0 Å². The van der Waals surface area contributed by atoms with Crippen molar-refractivity contribution in [1.82, 2.24) is 5.32 Å². The summed E-state index contributed by atoms with van der Waals surface area (Å²) < 4.78 is 5.14. The fraction of sp³-hybridized carbons (Fsp3) is 0.562. The summed E-state index contributed by atoms with van der Waals surface area (Å²) in [5, 5.41) is 2.90. The van der Waals surface area contributed by atoms with Crippen LogP contribution in [-0.4, -0.2) is 25.6 Å². The van der Waals surface area contributed by atoms with Crippen LogP contribution in [0.4, 0.5) is 0 Å². The molecule has 0 fully saturated rings. The van der Waals surface area contributed by atoms with E-state index in [-0.39, 0.29) is 11.8 Å². The van der Waals surface area contributed by atoms with Crippen molar-refractivity contribution in [2.75, 3.05) is 13.7 Å². The van der Waals surface area contributed by atoms with Gasteiger partial charge in [0.25, 0.3) is 0 Å². The van der Waals surface area contributed by atoms with Gasteiger partial charge in [0.1, 0.15) is 5.75 Å². The normalized spacial score (nSPS) is 13.9. The number of rotatable bonds is 7. The highest BCUT2D eigenvalue weighted by molar-refractivity contribution is 5.81. The summed E-state index contributed by atoms with van der Waals surface area (Å²) in [6.45, 7) is 6.69. The third-order valence-corrected chi connectivity index (χ3v) is 3.58. The molecule has 1 unspecified atom stereocenters. The number of nitrogens with two attached hydrogens (primary N) is 1. The molecule has 1 rings (SSSR count). The Labute approximate surface area is 121 Å². The zero-order chi connectivity index (χ0) is 15.1. The SMILES string of the molecule is COc1ccc(C(C)CCNC(=O)[C@@H](N)C(C)C)cc1. The Morgan fingerprint density at radius 1 is 1.25 bits per heavy atom. The van der Waals surface area contributed by atoms with E-state index < -0.39 is 6.04 Å². The Balaban J connectivity index is 2.39. The fourth-order valence-electron chi connectivity index (χ4n) is 1.93. The molecule has 1 amide bonds. The van der Waals surface area contributed by atoms with Crippen LogP contribution in [0.15, 0.2) is 24.3 Å². The molecule has 1 aromatic rings. The molecule has 0 radical (unpaired) electrons. The standard InChI is InChI=1S/C16H26N2O2/c1-11(2)15(17)16(19)18-10-9-12(3)13-5-7-14(20-4)8-6-13/h5-8,11-12,15H,9-10,17H2,1-4H3,(H,18,19)/t12?,15-/m0/s1. The summed E-state index contributed by atoms with van der Waals surface area (Å²) >= 11 is 0. The Kier molecular flexibility index (Phi) is 6.52. The van der Waals surface area contributed by atoms with E-state index in [0.29, 0.717) is 12.5 Å². The van der Waals surface area contributed by atoms with E-state index in [1.54, 1.807) is 7.11 Å². The van der Waals surface area contributed by atoms with Crippen LogP contribution in [0.1, 0.15) is 38.7 Å². The van der Waals surface area contributed by atoms with Gasteiger partial charge in [0.05, 0.1) is 13.2 Å². The molecule has 1 aromatic carbocycles. The van der Waals surface area contributed by atoms with Crippen LogP contribution < -0.4 is 15.8 Å². The number of benzene rings is 1. The van der Waals surface area contributed by atoms with Crippen LogP contribution in [0, 0.1) is 5.92 Å². The second-order valence-electron chi connectivity index (χ2n) is 5.52. The summed E-state index contributed by atoms with van der Waals surface area (Å²) in [6, 6.07) is 7.61. The number of hydrogen-bond donors (Lipinski definition) is 2. The fourth-order valence-corrected chi connectivity index (χ4v) is 1.93. The second-order valence-corrected chi connectivity index (χ2v) is 5.52. The molecule has 0 aromatic heterocycles. The first-order valence-corrected chi connectivity index (χ1v) is 7.13. The molecule has 0 saturated carbocycles. The molecule has 0 aliphatic heterocycles. The molecular formula is C16H26N2O2. The molecule has 20 heavy (non-hydrogen) atoms. The van der Waals surface area contributed by atoms with Crippen LogP contribution in [0.3, 0.4) is 0 Å². The number of nitrogens with one attached hydrogen (secondary N) is 1. The van der Waals surface area contributed by atoms with E-state index >= 15 is 0 Å². The van der Waals surface area contributed by atoms with Gasteiger partial charge in [0.15, 0.2) is 0 Å². The van der Waals surface area contributed by atoms with Crippen molar-refractivity contribution in [2.24, 2.45) is 11.7 Å². The van der Waals surface area contributed by atoms with Gasteiger partial charge in [0.2, 0.25) is 5.91 Å². The van der Waals surface area contributed by atoms with Gasteiger partial charge in [-0.25, -0.2) is 0 Å². The van der Waals surface area contributed by atoms with Crippen molar-refractivity contribution in [3.63, 3.8) is 0 Å². The molecule has 2 atom stereocenters. The molecule has 112 valence electrons. The van der Waals surface area contributed by atoms with Crippen molar-refractivity contribution >= 4 is 5.91 Å². The van der Waals surface area contributed by atoms with Gasteiger partial charge in [-0.3, -0.25) is 4.79 Å². The van der Waals surface area contributed by atoms with Crippen molar-refractivity contribution in [3.8, 4) is 5.75 Å². The van der Waals surface area contributed by atoms with Gasteiger partial charge in [-0.2, -0.15) is 0 Å². The van der Waals surface area contributed by atoms with Crippen molar-refractivity contribution < 1.29 is 9.53 Å². The first-order valence-electron chi connectivity index (χ1n) is 7.13. The number of ether oxygens (including phenoxy) is 1. The van der Waals surface area contributed by atoms with Gasteiger partial charge in [0, 0.05) is 6.54 Å². The van der Waals surface area contributed by atoms with Gasteiger partial charge in [-0.1, -0.05) is 32.9 Å². The highest BCUT2D eigenvalue weighted by Gasteiger charge is 2.16.